The Morgan fingerprint density at radius 1 is 1.21 bits per heavy atom. The fourth-order valence-electron chi connectivity index (χ4n) is 5.16. The van der Waals surface area contributed by atoms with Gasteiger partial charge in [0.25, 0.3) is 0 Å². The van der Waals surface area contributed by atoms with Gasteiger partial charge in [-0.1, -0.05) is 36.8 Å². The fraction of sp³-hybridized carbons (Fsp3) is 0.650. The molecule has 3 fully saturated rings. The van der Waals surface area contributed by atoms with Crippen LogP contribution in [0.25, 0.3) is 0 Å². The number of fused-ring (bicyclic) bond motifs is 2. The maximum atomic E-state index is 13.3. The van der Waals surface area contributed by atoms with E-state index < -0.39 is 0 Å². The molecule has 0 spiro atoms. The second-order valence-electron chi connectivity index (χ2n) is 8.05. The van der Waals surface area contributed by atoms with Crippen LogP contribution in [0, 0.1) is 23.2 Å². The molecular formula is C20H29ClN2O. The maximum Gasteiger partial charge on any atom is 0.227 e. The van der Waals surface area contributed by atoms with Crippen LogP contribution in [0.2, 0.25) is 0 Å². The summed E-state index contributed by atoms with van der Waals surface area (Å²) < 4.78 is 0. The van der Waals surface area contributed by atoms with Crippen molar-refractivity contribution in [3.63, 3.8) is 0 Å². The number of hydrogen-bond acceptors (Lipinski definition) is 2. The van der Waals surface area contributed by atoms with Crippen LogP contribution in [-0.2, 0) is 11.2 Å². The van der Waals surface area contributed by atoms with Gasteiger partial charge >= 0.3 is 0 Å². The zero-order chi connectivity index (χ0) is 15.9. The van der Waals surface area contributed by atoms with E-state index in [1.54, 1.807) is 0 Å². The average Bonchev–Trinajstić information content (AvgIpc) is 3.22. The highest BCUT2D eigenvalue weighted by atomic mass is 35.5. The van der Waals surface area contributed by atoms with Crippen LogP contribution in [0.15, 0.2) is 30.3 Å². The number of carbonyl (C=O) groups is 1. The summed E-state index contributed by atoms with van der Waals surface area (Å²) in [6, 6.07) is 10.7. The van der Waals surface area contributed by atoms with Crippen molar-refractivity contribution in [1.29, 1.82) is 0 Å². The van der Waals surface area contributed by atoms with Gasteiger partial charge in [-0.3, -0.25) is 4.79 Å². The summed E-state index contributed by atoms with van der Waals surface area (Å²) in [6.07, 6.45) is 8.19. The topological polar surface area (TPSA) is 55.1 Å². The van der Waals surface area contributed by atoms with Gasteiger partial charge in [-0.2, -0.15) is 0 Å². The predicted octanol–water partition coefficient (Wildman–Crippen LogP) is 3.31. The predicted molar refractivity (Wildman–Crippen MR) is 99.0 cm³/mol. The highest BCUT2D eigenvalue weighted by Gasteiger charge is 2.55. The van der Waals surface area contributed by atoms with E-state index in [0.29, 0.717) is 18.4 Å². The lowest BCUT2D eigenvalue weighted by atomic mass is 9.68. The number of nitrogens with two attached hydrogens (primary N) is 1. The molecule has 0 radical (unpaired) electrons. The molecule has 0 heterocycles. The third kappa shape index (κ3) is 3.21. The molecule has 0 aliphatic heterocycles. The Kier molecular flexibility index (Phi) is 5.22. The van der Waals surface area contributed by atoms with Gasteiger partial charge in [0.05, 0.1) is 5.41 Å². The van der Waals surface area contributed by atoms with Crippen LogP contribution in [0.1, 0.15) is 44.1 Å². The van der Waals surface area contributed by atoms with Crippen molar-refractivity contribution < 1.29 is 4.79 Å². The van der Waals surface area contributed by atoms with Crippen molar-refractivity contribution in [1.82, 2.24) is 5.32 Å². The second kappa shape index (κ2) is 7.05. The van der Waals surface area contributed by atoms with Crippen LogP contribution < -0.4 is 11.1 Å². The number of rotatable bonds is 6. The largest absolute Gasteiger partial charge is 0.351 e. The fourth-order valence-corrected chi connectivity index (χ4v) is 5.16. The van der Waals surface area contributed by atoms with Gasteiger partial charge in [0.15, 0.2) is 0 Å². The molecule has 24 heavy (non-hydrogen) atoms. The van der Waals surface area contributed by atoms with Crippen LogP contribution in [0.4, 0.5) is 0 Å². The molecule has 1 aromatic carbocycles. The van der Waals surface area contributed by atoms with Crippen LogP contribution in [0.3, 0.4) is 0 Å². The third-order valence-electron chi connectivity index (χ3n) is 6.55. The minimum atomic E-state index is -0.188. The van der Waals surface area contributed by atoms with E-state index in [0.717, 1.165) is 18.8 Å². The maximum absolute atomic E-state index is 13.3. The zero-order valence-corrected chi connectivity index (χ0v) is 15.1. The number of carbonyl (C=O) groups excluding carboxylic acids is 1. The monoisotopic (exact) mass is 348 g/mol. The van der Waals surface area contributed by atoms with Gasteiger partial charge in [0.1, 0.15) is 0 Å². The summed E-state index contributed by atoms with van der Waals surface area (Å²) in [5.41, 5.74) is 7.03. The Morgan fingerprint density at radius 2 is 1.96 bits per heavy atom. The lowest BCUT2D eigenvalue weighted by Gasteiger charge is -2.38. The van der Waals surface area contributed by atoms with Gasteiger partial charge in [0, 0.05) is 12.6 Å². The number of amides is 1. The van der Waals surface area contributed by atoms with Crippen molar-refractivity contribution >= 4 is 18.3 Å². The molecule has 2 bridgehead atoms. The van der Waals surface area contributed by atoms with Crippen molar-refractivity contribution in [2.75, 3.05) is 6.54 Å². The normalized spacial score (nSPS) is 32.2. The van der Waals surface area contributed by atoms with Gasteiger partial charge in [0.2, 0.25) is 5.91 Å². The van der Waals surface area contributed by atoms with E-state index in [2.05, 4.69) is 35.6 Å². The van der Waals surface area contributed by atoms with E-state index in [-0.39, 0.29) is 29.8 Å². The van der Waals surface area contributed by atoms with Gasteiger partial charge in [-0.15, -0.1) is 12.4 Å². The Hall–Kier alpha value is -1.06. The number of nitrogens with one attached hydrogen (secondary N) is 1. The SMILES string of the molecule is Cl.NCC(NC(=O)C1(Cc2ccccc2)CC2CCC1C2)C1CC1. The van der Waals surface area contributed by atoms with Gasteiger partial charge in [-0.25, -0.2) is 0 Å². The minimum absolute atomic E-state index is 0. The minimum Gasteiger partial charge on any atom is -0.351 e. The standard InChI is InChI=1S/C20H28N2O.ClH/c21-13-18(16-7-8-16)22-19(23)20(11-14-4-2-1-3-5-14)12-15-6-9-17(20)10-15;/h1-5,15-18H,6-13,21H2,(H,22,23);1H. The molecule has 1 aromatic rings. The van der Waals surface area contributed by atoms with Crippen molar-refractivity contribution in [2.24, 2.45) is 28.9 Å². The van der Waals surface area contributed by atoms with Crippen molar-refractivity contribution in [2.45, 2.75) is 51.0 Å². The summed E-state index contributed by atoms with van der Waals surface area (Å²) in [5.74, 6) is 2.23. The highest BCUT2D eigenvalue weighted by molar-refractivity contribution is 5.85. The van der Waals surface area contributed by atoms with E-state index in [4.69, 9.17) is 5.73 Å². The highest BCUT2D eigenvalue weighted by Crippen LogP contribution is 2.57. The van der Waals surface area contributed by atoms with Gasteiger partial charge in [-0.05, 0) is 61.8 Å². The Morgan fingerprint density at radius 3 is 2.50 bits per heavy atom. The van der Waals surface area contributed by atoms with E-state index in [1.165, 1.54) is 37.7 Å². The molecule has 0 saturated heterocycles. The van der Waals surface area contributed by atoms with E-state index in [1.807, 2.05) is 0 Å². The van der Waals surface area contributed by atoms with Crippen molar-refractivity contribution in [3.05, 3.63) is 35.9 Å². The number of halogens is 1. The van der Waals surface area contributed by atoms with E-state index >= 15 is 0 Å². The first-order valence-corrected chi connectivity index (χ1v) is 9.26. The molecule has 4 heteroatoms. The quantitative estimate of drug-likeness (QED) is 0.828. The Labute approximate surface area is 151 Å². The smallest absolute Gasteiger partial charge is 0.227 e. The summed E-state index contributed by atoms with van der Waals surface area (Å²) in [4.78, 5) is 13.3. The van der Waals surface area contributed by atoms with Crippen LogP contribution in [-0.4, -0.2) is 18.5 Å². The Bertz CT molecular complexity index is 574. The molecular weight excluding hydrogens is 320 g/mol. The summed E-state index contributed by atoms with van der Waals surface area (Å²) in [7, 11) is 0. The molecule has 4 rings (SSSR count). The van der Waals surface area contributed by atoms with E-state index in [9.17, 15) is 4.79 Å². The zero-order valence-electron chi connectivity index (χ0n) is 14.2. The summed E-state index contributed by atoms with van der Waals surface area (Å²) >= 11 is 0. The first-order chi connectivity index (χ1) is 11.2. The first-order valence-electron chi connectivity index (χ1n) is 9.26. The summed E-state index contributed by atoms with van der Waals surface area (Å²) in [5, 5.41) is 3.35. The molecule has 3 N–H and O–H groups in total. The molecule has 132 valence electrons. The van der Waals surface area contributed by atoms with Gasteiger partial charge < -0.3 is 11.1 Å². The third-order valence-corrected chi connectivity index (χ3v) is 6.55. The number of benzene rings is 1. The lowest BCUT2D eigenvalue weighted by Crippen LogP contribution is -2.52. The van der Waals surface area contributed by atoms with Crippen LogP contribution >= 0.6 is 12.4 Å². The molecule has 1 amide bonds. The summed E-state index contributed by atoms with van der Waals surface area (Å²) in [6.45, 7) is 0.575. The lowest BCUT2D eigenvalue weighted by molar-refractivity contribution is -0.135. The molecule has 3 nitrogen and oxygen atoms in total. The van der Waals surface area contributed by atoms with Crippen LogP contribution in [0.5, 0.6) is 0 Å². The second-order valence-corrected chi connectivity index (χ2v) is 8.05. The first kappa shape index (κ1) is 17.8. The molecule has 3 saturated carbocycles. The molecule has 0 aromatic heterocycles. The molecule has 4 unspecified atom stereocenters. The molecule has 3 aliphatic carbocycles. The number of hydrogen-bond donors (Lipinski definition) is 2. The average molecular weight is 349 g/mol. The molecule has 3 aliphatic rings. The van der Waals surface area contributed by atoms with Crippen molar-refractivity contribution in [3.8, 4) is 0 Å². The molecule has 4 atom stereocenters. The Balaban J connectivity index is 0.00000169.